The molecule has 0 bridgehead atoms. The summed E-state index contributed by atoms with van der Waals surface area (Å²) in [4.78, 5) is 17.9. The van der Waals surface area contributed by atoms with E-state index in [4.69, 9.17) is 9.15 Å². The molecule has 1 fully saturated rings. The topological polar surface area (TPSA) is 58.5 Å². The maximum Gasteiger partial charge on any atom is 0.200 e. The van der Waals surface area contributed by atoms with Crippen LogP contribution in [-0.2, 0) is 4.74 Å². The molecule has 1 aliphatic heterocycles. The minimum absolute atomic E-state index is 0.0164. The van der Waals surface area contributed by atoms with Gasteiger partial charge in [0, 0.05) is 36.4 Å². The number of benzene rings is 2. The van der Waals surface area contributed by atoms with Crippen LogP contribution in [0.2, 0.25) is 0 Å². The highest BCUT2D eigenvalue weighted by atomic mass is 16.5. The van der Waals surface area contributed by atoms with Crippen molar-refractivity contribution in [2.75, 3.05) is 31.2 Å². The first-order chi connectivity index (χ1) is 12.8. The van der Waals surface area contributed by atoms with E-state index in [1.54, 1.807) is 6.07 Å². The van der Waals surface area contributed by atoms with E-state index >= 15 is 0 Å². The molecule has 3 heterocycles. The molecule has 2 aromatic carbocycles. The molecule has 130 valence electrons. The number of ether oxygens (including phenoxy) is 1. The van der Waals surface area contributed by atoms with Crippen LogP contribution in [0.1, 0.15) is 0 Å². The maximum atomic E-state index is 12.7. The Kier molecular flexibility index (Phi) is 3.53. The summed E-state index contributed by atoms with van der Waals surface area (Å²) >= 11 is 0. The second kappa shape index (κ2) is 6.04. The third-order valence-corrected chi connectivity index (χ3v) is 4.93. The van der Waals surface area contributed by atoms with Crippen LogP contribution in [0.4, 0.5) is 5.88 Å². The van der Waals surface area contributed by atoms with Crippen molar-refractivity contribution >= 4 is 27.8 Å². The van der Waals surface area contributed by atoms with Gasteiger partial charge in [0.1, 0.15) is 5.58 Å². The lowest BCUT2D eigenvalue weighted by molar-refractivity contribution is 0.121. The first-order valence-corrected chi connectivity index (χ1v) is 8.77. The SMILES string of the molecule is O=c1cc(N2CCOCC2)oc2c(-c3ccc4[nH]ccc4c3)cccc12. The zero-order valence-corrected chi connectivity index (χ0v) is 14.2. The molecule has 0 amide bonds. The van der Waals surface area contributed by atoms with E-state index in [9.17, 15) is 4.79 Å². The first kappa shape index (κ1) is 15.2. The van der Waals surface area contributed by atoms with Gasteiger partial charge in [-0.1, -0.05) is 18.2 Å². The highest BCUT2D eigenvalue weighted by molar-refractivity contribution is 5.95. The van der Waals surface area contributed by atoms with Gasteiger partial charge in [0.25, 0.3) is 0 Å². The number of aromatic amines is 1. The van der Waals surface area contributed by atoms with Crippen molar-refractivity contribution in [3.8, 4) is 11.1 Å². The first-order valence-electron chi connectivity index (χ1n) is 8.77. The van der Waals surface area contributed by atoms with Crippen molar-refractivity contribution in [3.05, 3.63) is 65.0 Å². The summed E-state index contributed by atoms with van der Waals surface area (Å²) < 4.78 is 11.6. The quantitative estimate of drug-likeness (QED) is 0.600. The third-order valence-electron chi connectivity index (χ3n) is 4.93. The fourth-order valence-corrected chi connectivity index (χ4v) is 3.55. The number of anilines is 1. The molecule has 5 rings (SSSR count). The lowest BCUT2D eigenvalue weighted by atomic mass is 10.0. The number of aromatic nitrogens is 1. The van der Waals surface area contributed by atoms with Crippen molar-refractivity contribution in [2.24, 2.45) is 0 Å². The standard InChI is InChI=1S/C21H18N2O3/c24-19-13-20(23-8-10-25-11-9-23)26-21-16(2-1-3-17(19)21)14-4-5-18-15(12-14)6-7-22-18/h1-7,12-13,22H,8-11H2. The Balaban J connectivity index is 1.71. The van der Waals surface area contributed by atoms with Crippen LogP contribution < -0.4 is 10.3 Å². The van der Waals surface area contributed by atoms with Gasteiger partial charge in [-0.3, -0.25) is 4.79 Å². The number of nitrogens with one attached hydrogen (secondary N) is 1. The van der Waals surface area contributed by atoms with E-state index in [-0.39, 0.29) is 5.43 Å². The van der Waals surface area contributed by atoms with Crippen LogP contribution in [0, 0.1) is 0 Å². The molecule has 0 spiro atoms. The molecule has 4 aromatic rings. The average molecular weight is 346 g/mol. The second-order valence-corrected chi connectivity index (χ2v) is 6.51. The van der Waals surface area contributed by atoms with Crippen molar-refractivity contribution in [2.45, 2.75) is 0 Å². The summed E-state index contributed by atoms with van der Waals surface area (Å²) in [6.07, 6.45) is 1.92. The molecule has 1 N–H and O–H groups in total. The number of nitrogens with zero attached hydrogens (tertiary/aromatic N) is 1. The van der Waals surface area contributed by atoms with Crippen LogP contribution in [0.3, 0.4) is 0 Å². The molecule has 5 nitrogen and oxygen atoms in total. The van der Waals surface area contributed by atoms with Gasteiger partial charge in [-0.2, -0.15) is 0 Å². The number of hydrogen-bond acceptors (Lipinski definition) is 4. The van der Waals surface area contributed by atoms with Crippen molar-refractivity contribution in [3.63, 3.8) is 0 Å². The van der Waals surface area contributed by atoms with Gasteiger partial charge in [0.2, 0.25) is 0 Å². The largest absolute Gasteiger partial charge is 0.440 e. The van der Waals surface area contributed by atoms with Gasteiger partial charge in [0.05, 0.1) is 18.6 Å². The number of hydrogen-bond donors (Lipinski definition) is 1. The fraction of sp³-hybridized carbons (Fsp3) is 0.190. The van der Waals surface area contributed by atoms with Crippen molar-refractivity contribution in [1.29, 1.82) is 0 Å². The Bertz CT molecular complexity index is 1150. The van der Waals surface area contributed by atoms with Gasteiger partial charge in [-0.15, -0.1) is 0 Å². The summed E-state index contributed by atoms with van der Waals surface area (Å²) in [6.45, 7) is 2.75. The predicted molar refractivity (Wildman–Crippen MR) is 103 cm³/mol. The van der Waals surface area contributed by atoms with E-state index in [1.807, 2.05) is 36.5 Å². The Morgan fingerprint density at radius 2 is 1.88 bits per heavy atom. The summed E-state index contributed by atoms with van der Waals surface area (Å²) in [5.74, 6) is 0.612. The van der Waals surface area contributed by atoms with E-state index in [1.165, 1.54) is 0 Å². The van der Waals surface area contributed by atoms with Gasteiger partial charge in [0.15, 0.2) is 11.3 Å². The van der Waals surface area contributed by atoms with Crippen LogP contribution in [-0.4, -0.2) is 31.3 Å². The monoisotopic (exact) mass is 346 g/mol. The molecule has 0 saturated carbocycles. The molecular weight excluding hydrogens is 328 g/mol. The Labute approximate surface area is 149 Å². The number of H-pyrrole nitrogens is 1. The smallest absolute Gasteiger partial charge is 0.200 e. The Hall–Kier alpha value is -3.05. The van der Waals surface area contributed by atoms with Gasteiger partial charge in [-0.05, 0) is 35.2 Å². The lowest BCUT2D eigenvalue weighted by Gasteiger charge is -2.27. The fourth-order valence-electron chi connectivity index (χ4n) is 3.55. The van der Waals surface area contributed by atoms with Crippen LogP contribution in [0.5, 0.6) is 0 Å². The molecule has 5 heteroatoms. The summed E-state index contributed by atoms with van der Waals surface area (Å²) in [5.41, 5.74) is 3.67. The number of morpholine rings is 1. The second-order valence-electron chi connectivity index (χ2n) is 6.51. The van der Waals surface area contributed by atoms with Gasteiger partial charge >= 0.3 is 0 Å². The lowest BCUT2D eigenvalue weighted by Crippen LogP contribution is -2.36. The Morgan fingerprint density at radius 3 is 2.77 bits per heavy atom. The van der Waals surface area contributed by atoms with E-state index in [0.717, 1.165) is 35.1 Å². The molecule has 2 aromatic heterocycles. The molecule has 0 unspecified atom stereocenters. The average Bonchev–Trinajstić information content (AvgIpc) is 3.16. The van der Waals surface area contributed by atoms with Gasteiger partial charge in [-0.25, -0.2) is 0 Å². The van der Waals surface area contributed by atoms with Crippen LogP contribution >= 0.6 is 0 Å². The number of fused-ring (bicyclic) bond motifs is 2. The summed E-state index contributed by atoms with van der Waals surface area (Å²) in [5, 5.41) is 1.74. The van der Waals surface area contributed by atoms with Crippen molar-refractivity contribution < 1.29 is 9.15 Å². The maximum absolute atomic E-state index is 12.7. The summed E-state index contributed by atoms with van der Waals surface area (Å²) in [7, 11) is 0. The number of rotatable bonds is 2. The molecular formula is C21H18N2O3. The summed E-state index contributed by atoms with van der Waals surface area (Å²) in [6, 6.07) is 15.6. The minimum atomic E-state index is -0.0164. The van der Waals surface area contributed by atoms with E-state index in [2.05, 4.69) is 22.0 Å². The molecule has 26 heavy (non-hydrogen) atoms. The normalized spacial score (nSPS) is 15.0. The van der Waals surface area contributed by atoms with E-state index < -0.39 is 0 Å². The molecule has 1 saturated heterocycles. The molecule has 0 aliphatic carbocycles. The van der Waals surface area contributed by atoms with Crippen molar-refractivity contribution in [1.82, 2.24) is 4.98 Å². The number of para-hydroxylation sites is 1. The minimum Gasteiger partial charge on any atom is -0.440 e. The Morgan fingerprint density at radius 1 is 1.00 bits per heavy atom. The van der Waals surface area contributed by atoms with Crippen LogP contribution in [0.25, 0.3) is 33.0 Å². The zero-order valence-electron chi connectivity index (χ0n) is 14.2. The third kappa shape index (κ3) is 2.48. The predicted octanol–water partition coefficient (Wildman–Crippen LogP) is 3.78. The molecule has 0 atom stereocenters. The molecule has 0 radical (unpaired) electrons. The highest BCUT2D eigenvalue weighted by Crippen LogP contribution is 2.31. The highest BCUT2D eigenvalue weighted by Gasteiger charge is 2.17. The van der Waals surface area contributed by atoms with Crippen LogP contribution in [0.15, 0.2) is 63.9 Å². The van der Waals surface area contributed by atoms with E-state index in [0.29, 0.717) is 30.1 Å². The molecule has 1 aliphatic rings. The zero-order chi connectivity index (χ0) is 17.5. The van der Waals surface area contributed by atoms with Gasteiger partial charge < -0.3 is 19.0 Å².